The van der Waals surface area contributed by atoms with Crippen LogP contribution in [0.2, 0.25) is 5.02 Å². The molecule has 0 spiro atoms. The molecule has 0 aliphatic heterocycles. The van der Waals surface area contributed by atoms with Gasteiger partial charge in [-0.15, -0.1) is 0 Å². The molecule has 1 unspecified atom stereocenters. The standard InChI is InChI=1S/C11H11ClF3NO/c1-17-10-3-6(8(12)4-9(10)16)5-2-7(5)11(13,14)15/h3-5,7H,2,16H2,1H3/t5?,7-/m1/s1. The first-order valence-electron chi connectivity index (χ1n) is 5.04. The van der Waals surface area contributed by atoms with Crippen molar-refractivity contribution < 1.29 is 17.9 Å². The van der Waals surface area contributed by atoms with Crippen LogP contribution in [0, 0.1) is 5.92 Å². The van der Waals surface area contributed by atoms with Gasteiger partial charge in [0.2, 0.25) is 0 Å². The Balaban J connectivity index is 2.29. The number of alkyl halides is 3. The Kier molecular flexibility index (Phi) is 2.89. The van der Waals surface area contributed by atoms with E-state index < -0.39 is 18.0 Å². The van der Waals surface area contributed by atoms with Gasteiger partial charge < -0.3 is 10.5 Å². The van der Waals surface area contributed by atoms with Crippen molar-refractivity contribution in [1.82, 2.24) is 0 Å². The Labute approximate surface area is 102 Å². The number of methoxy groups -OCH3 is 1. The minimum Gasteiger partial charge on any atom is -0.495 e. The highest BCUT2D eigenvalue weighted by Gasteiger charge is 2.56. The molecule has 94 valence electrons. The zero-order valence-corrected chi connectivity index (χ0v) is 9.77. The molecule has 0 amide bonds. The number of halogens is 4. The first kappa shape index (κ1) is 12.4. The first-order valence-corrected chi connectivity index (χ1v) is 5.42. The van der Waals surface area contributed by atoms with E-state index in [0.29, 0.717) is 17.0 Å². The molecule has 1 aliphatic carbocycles. The molecule has 1 aliphatic rings. The van der Waals surface area contributed by atoms with Gasteiger partial charge in [0.1, 0.15) is 5.75 Å². The van der Waals surface area contributed by atoms with Gasteiger partial charge in [-0.3, -0.25) is 0 Å². The third kappa shape index (κ3) is 2.29. The van der Waals surface area contributed by atoms with Crippen molar-refractivity contribution in [2.75, 3.05) is 12.8 Å². The van der Waals surface area contributed by atoms with Gasteiger partial charge in [-0.25, -0.2) is 0 Å². The molecule has 2 N–H and O–H groups in total. The molecular weight excluding hydrogens is 255 g/mol. The number of ether oxygens (including phenoxy) is 1. The zero-order valence-electron chi connectivity index (χ0n) is 9.01. The fraction of sp³-hybridized carbons (Fsp3) is 0.455. The van der Waals surface area contributed by atoms with Crippen molar-refractivity contribution in [3.63, 3.8) is 0 Å². The average Bonchev–Trinajstić information content (AvgIpc) is 2.97. The van der Waals surface area contributed by atoms with Crippen molar-refractivity contribution >= 4 is 17.3 Å². The highest BCUT2D eigenvalue weighted by atomic mass is 35.5. The molecule has 2 atom stereocenters. The van der Waals surface area contributed by atoms with E-state index in [2.05, 4.69) is 0 Å². The summed E-state index contributed by atoms with van der Waals surface area (Å²) in [5.41, 5.74) is 6.39. The largest absolute Gasteiger partial charge is 0.495 e. The second kappa shape index (κ2) is 3.98. The number of anilines is 1. The lowest BCUT2D eigenvalue weighted by molar-refractivity contribution is -0.148. The topological polar surface area (TPSA) is 35.2 Å². The Bertz CT molecular complexity index is 447. The van der Waals surface area contributed by atoms with Crippen LogP contribution < -0.4 is 10.5 Å². The molecule has 6 heteroatoms. The van der Waals surface area contributed by atoms with Gasteiger partial charge >= 0.3 is 6.18 Å². The predicted molar refractivity (Wildman–Crippen MR) is 59.3 cm³/mol. The number of benzene rings is 1. The molecule has 1 aromatic carbocycles. The zero-order chi connectivity index (χ0) is 12.8. The van der Waals surface area contributed by atoms with Gasteiger partial charge in [0, 0.05) is 5.02 Å². The molecule has 1 aromatic rings. The minimum absolute atomic E-state index is 0.0797. The third-order valence-electron chi connectivity index (χ3n) is 2.96. The molecule has 2 rings (SSSR count). The summed E-state index contributed by atoms with van der Waals surface area (Å²) in [5, 5.41) is 0.264. The SMILES string of the molecule is COc1cc(C2C[C@H]2C(F)(F)F)c(Cl)cc1N. The van der Waals surface area contributed by atoms with Gasteiger partial charge in [-0.05, 0) is 30.0 Å². The van der Waals surface area contributed by atoms with Crippen LogP contribution in [0.3, 0.4) is 0 Å². The number of nitrogens with two attached hydrogens (primary N) is 1. The van der Waals surface area contributed by atoms with Crippen LogP contribution >= 0.6 is 11.6 Å². The van der Waals surface area contributed by atoms with Gasteiger partial charge in [0.05, 0.1) is 18.7 Å². The summed E-state index contributed by atoms with van der Waals surface area (Å²) in [6.45, 7) is 0. The van der Waals surface area contributed by atoms with Gasteiger partial charge in [0.25, 0.3) is 0 Å². The molecular formula is C11H11ClF3NO. The number of nitrogen functional groups attached to an aromatic ring is 1. The summed E-state index contributed by atoms with van der Waals surface area (Å²) in [4.78, 5) is 0. The lowest BCUT2D eigenvalue weighted by atomic mass is 10.1. The van der Waals surface area contributed by atoms with Crippen LogP contribution in [-0.4, -0.2) is 13.3 Å². The predicted octanol–water partition coefficient (Wildman–Crippen LogP) is 3.60. The van der Waals surface area contributed by atoms with Crippen molar-refractivity contribution in [2.45, 2.75) is 18.5 Å². The first-order chi connectivity index (χ1) is 7.84. The van der Waals surface area contributed by atoms with Crippen LogP contribution in [0.4, 0.5) is 18.9 Å². The Morgan fingerprint density at radius 3 is 2.53 bits per heavy atom. The van der Waals surface area contributed by atoms with E-state index in [1.165, 1.54) is 19.2 Å². The van der Waals surface area contributed by atoms with E-state index in [4.69, 9.17) is 22.1 Å². The number of hydrogen-bond acceptors (Lipinski definition) is 2. The maximum absolute atomic E-state index is 12.5. The van der Waals surface area contributed by atoms with Crippen molar-refractivity contribution in [2.24, 2.45) is 5.92 Å². The summed E-state index contributed by atoms with van der Waals surface area (Å²) in [6, 6.07) is 2.93. The van der Waals surface area contributed by atoms with E-state index in [1.54, 1.807) is 0 Å². The van der Waals surface area contributed by atoms with E-state index >= 15 is 0 Å². The van der Waals surface area contributed by atoms with Crippen LogP contribution in [0.25, 0.3) is 0 Å². The van der Waals surface area contributed by atoms with Crippen LogP contribution in [-0.2, 0) is 0 Å². The van der Waals surface area contributed by atoms with Crippen LogP contribution in [0.5, 0.6) is 5.75 Å². The summed E-state index contributed by atoms with van der Waals surface area (Å²) < 4.78 is 42.4. The summed E-state index contributed by atoms with van der Waals surface area (Å²) in [6.07, 6.45) is -4.08. The van der Waals surface area contributed by atoms with Crippen LogP contribution in [0.1, 0.15) is 17.9 Å². The van der Waals surface area contributed by atoms with Crippen molar-refractivity contribution in [3.05, 3.63) is 22.7 Å². The van der Waals surface area contributed by atoms with Crippen molar-refractivity contribution in [1.29, 1.82) is 0 Å². The normalized spacial score (nSPS) is 23.6. The van der Waals surface area contributed by atoms with Gasteiger partial charge in [-0.1, -0.05) is 11.6 Å². The molecule has 2 nitrogen and oxygen atoms in total. The van der Waals surface area contributed by atoms with Crippen LogP contribution in [0.15, 0.2) is 12.1 Å². The van der Waals surface area contributed by atoms with E-state index in [9.17, 15) is 13.2 Å². The lowest BCUT2D eigenvalue weighted by Gasteiger charge is -2.10. The fourth-order valence-corrected chi connectivity index (χ4v) is 2.26. The minimum atomic E-state index is -4.16. The van der Waals surface area contributed by atoms with E-state index in [0.717, 1.165) is 0 Å². The van der Waals surface area contributed by atoms with E-state index in [1.807, 2.05) is 0 Å². The fourth-order valence-electron chi connectivity index (χ4n) is 1.95. The third-order valence-corrected chi connectivity index (χ3v) is 3.29. The number of rotatable bonds is 2. The van der Waals surface area contributed by atoms with Crippen molar-refractivity contribution in [3.8, 4) is 5.75 Å². The van der Waals surface area contributed by atoms with E-state index in [-0.39, 0.29) is 11.4 Å². The Morgan fingerprint density at radius 2 is 2.06 bits per heavy atom. The average molecular weight is 266 g/mol. The highest BCUT2D eigenvalue weighted by molar-refractivity contribution is 6.31. The molecule has 0 heterocycles. The smallest absolute Gasteiger partial charge is 0.392 e. The number of hydrogen-bond donors (Lipinski definition) is 1. The molecule has 0 bridgehead atoms. The molecule has 1 saturated carbocycles. The molecule has 17 heavy (non-hydrogen) atoms. The monoisotopic (exact) mass is 265 g/mol. The molecule has 0 aromatic heterocycles. The lowest BCUT2D eigenvalue weighted by Crippen LogP contribution is -2.11. The second-order valence-electron chi connectivity index (χ2n) is 4.11. The second-order valence-corrected chi connectivity index (χ2v) is 4.51. The quantitative estimate of drug-likeness (QED) is 0.830. The molecule has 0 saturated heterocycles. The maximum atomic E-state index is 12.5. The van der Waals surface area contributed by atoms with Gasteiger partial charge in [-0.2, -0.15) is 13.2 Å². The summed E-state index contributed by atoms with van der Waals surface area (Å²) in [7, 11) is 1.41. The Morgan fingerprint density at radius 1 is 1.41 bits per heavy atom. The summed E-state index contributed by atoms with van der Waals surface area (Å²) >= 11 is 5.91. The maximum Gasteiger partial charge on any atom is 0.392 e. The Hall–Kier alpha value is -1.10. The highest BCUT2D eigenvalue weighted by Crippen LogP contribution is 2.58. The molecule has 1 fully saturated rings. The summed E-state index contributed by atoms with van der Waals surface area (Å²) in [5.74, 6) is -1.51. The van der Waals surface area contributed by atoms with Gasteiger partial charge in [0.15, 0.2) is 0 Å². The molecule has 0 radical (unpaired) electrons.